The van der Waals surface area contributed by atoms with Gasteiger partial charge in [0.2, 0.25) is 10.0 Å². The number of anilines is 2. The fourth-order valence-electron chi connectivity index (χ4n) is 1.90. The highest BCUT2D eigenvalue weighted by atomic mass is 32.2. The summed E-state index contributed by atoms with van der Waals surface area (Å²) in [7, 11) is -2.24. The van der Waals surface area contributed by atoms with E-state index in [0.717, 1.165) is 12.1 Å². The van der Waals surface area contributed by atoms with Gasteiger partial charge in [0.25, 0.3) is 0 Å². The zero-order valence-electron chi connectivity index (χ0n) is 12.9. The maximum absolute atomic E-state index is 12.7. The van der Waals surface area contributed by atoms with E-state index in [9.17, 15) is 21.6 Å². The molecule has 2 aromatic carbocycles. The molecule has 0 saturated heterocycles. The molecule has 10 heteroatoms. The van der Waals surface area contributed by atoms with Crippen molar-refractivity contribution in [1.82, 2.24) is 4.72 Å². The third-order valence-corrected chi connectivity index (χ3v) is 4.77. The fourth-order valence-corrected chi connectivity index (χ4v) is 2.87. The lowest BCUT2D eigenvalue weighted by molar-refractivity contribution is -0.137. The Morgan fingerprint density at radius 3 is 2.16 bits per heavy atom. The lowest BCUT2D eigenvalue weighted by atomic mass is 10.2. The second kappa shape index (κ2) is 7.38. The third-order valence-electron chi connectivity index (χ3n) is 3.14. The number of hydrogen-bond donors (Lipinski definition) is 3. The molecule has 0 aliphatic heterocycles. The van der Waals surface area contributed by atoms with E-state index in [1.165, 1.54) is 43.4 Å². The Balaban J connectivity index is 2.06. The summed E-state index contributed by atoms with van der Waals surface area (Å²) >= 11 is 5.05. The van der Waals surface area contributed by atoms with Crippen LogP contribution in [0.25, 0.3) is 0 Å². The first-order valence-corrected chi connectivity index (χ1v) is 8.80. The molecule has 0 amide bonds. The Labute approximate surface area is 148 Å². The zero-order valence-corrected chi connectivity index (χ0v) is 14.5. The van der Waals surface area contributed by atoms with Gasteiger partial charge in [0, 0.05) is 11.4 Å². The van der Waals surface area contributed by atoms with Crippen LogP contribution in [-0.4, -0.2) is 20.6 Å². The van der Waals surface area contributed by atoms with Crippen molar-refractivity contribution >= 4 is 38.7 Å². The van der Waals surface area contributed by atoms with Gasteiger partial charge in [-0.05, 0) is 61.7 Å². The monoisotopic (exact) mass is 389 g/mol. The van der Waals surface area contributed by atoms with Crippen molar-refractivity contribution < 1.29 is 21.6 Å². The topological polar surface area (TPSA) is 70.2 Å². The second-order valence-electron chi connectivity index (χ2n) is 4.89. The molecule has 0 aliphatic rings. The summed E-state index contributed by atoms with van der Waals surface area (Å²) in [6.07, 6.45) is -4.44. The van der Waals surface area contributed by atoms with E-state index >= 15 is 0 Å². The molecular formula is C15H14F3N3O2S2. The van der Waals surface area contributed by atoms with Gasteiger partial charge < -0.3 is 10.6 Å². The number of rotatable bonds is 4. The standard InChI is InChI=1S/C15H14F3N3O2S2/c1-19-25(22,23)13-7-5-11(6-8-13)20-14(24)21-12-4-2-3-10(9-12)15(16,17)18/h2-9,19H,1H3,(H2,20,21,24). The van der Waals surface area contributed by atoms with Gasteiger partial charge in [0.05, 0.1) is 10.5 Å². The lowest BCUT2D eigenvalue weighted by Gasteiger charge is -2.13. The fraction of sp³-hybridized carbons (Fsp3) is 0.133. The Bertz CT molecular complexity index is 866. The van der Waals surface area contributed by atoms with Crippen LogP contribution in [0.4, 0.5) is 24.5 Å². The van der Waals surface area contributed by atoms with Crippen molar-refractivity contribution in [2.45, 2.75) is 11.1 Å². The molecule has 0 saturated carbocycles. The van der Waals surface area contributed by atoms with Gasteiger partial charge in [-0.2, -0.15) is 13.2 Å². The number of nitrogens with one attached hydrogen (secondary N) is 3. The van der Waals surface area contributed by atoms with Crippen LogP contribution in [0.15, 0.2) is 53.4 Å². The molecule has 0 spiro atoms. The Morgan fingerprint density at radius 1 is 1.00 bits per heavy atom. The zero-order chi connectivity index (χ0) is 18.7. The molecule has 0 aromatic heterocycles. The van der Waals surface area contributed by atoms with Gasteiger partial charge in [-0.1, -0.05) is 6.07 Å². The van der Waals surface area contributed by atoms with Gasteiger partial charge in [-0.3, -0.25) is 0 Å². The lowest BCUT2D eigenvalue weighted by Crippen LogP contribution is -2.20. The summed E-state index contributed by atoms with van der Waals surface area (Å²) in [6.45, 7) is 0. The molecule has 2 aromatic rings. The summed E-state index contributed by atoms with van der Waals surface area (Å²) in [6, 6.07) is 10.4. The van der Waals surface area contributed by atoms with Crippen LogP contribution in [0.2, 0.25) is 0 Å². The highest BCUT2D eigenvalue weighted by Gasteiger charge is 2.30. The molecule has 0 bridgehead atoms. The van der Waals surface area contributed by atoms with Crippen LogP contribution in [0.3, 0.4) is 0 Å². The Kier molecular flexibility index (Phi) is 5.65. The van der Waals surface area contributed by atoms with Gasteiger partial charge >= 0.3 is 6.18 Å². The van der Waals surface area contributed by atoms with Crippen LogP contribution in [0.1, 0.15) is 5.56 Å². The van der Waals surface area contributed by atoms with E-state index in [2.05, 4.69) is 15.4 Å². The van der Waals surface area contributed by atoms with E-state index in [1.807, 2.05) is 0 Å². The summed E-state index contributed by atoms with van der Waals surface area (Å²) in [5.74, 6) is 0. The third kappa shape index (κ3) is 5.15. The maximum atomic E-state index is 12.7. The number of halogens is 3. The number of sulfonamides is 1. The van der Waals surface area contributed by atoms with Crippen molar-refractivity contribution in [2.24, 2.45) is 0 Å². The van der Waals surface area contributed by atoms with Crippen LogP contribution >= 0.6 is 12.2 Å². The smallest absolute Gasteiger partial charge is 0.332 e. The average Bonchev–Trinajstić information content (AvgIpc) is 2.54. The van der Waals surface area contributed by atoms with Crippen LogP contribution in [0, 0.1) is 0 Å². The van der Waals surface area contributed by atoms with E-state index in [4.69, 9.17) is 12.2 Å². The second-order valence-corrected chi connectivity index (χ2v) is 7.18. The summed E-state index contributed by atoms with van der Waals surface area (Å²) < 4.78 is 63.5. The molecule has 2 rings (SSSR count). The Hall–Kier alpha value is -2.17. The van der Waals surface area contributed by atoms with Crippen LogP contribution < -0.4 is 15.4 Å². The molecule has 0 fully saturated rings. The molecular weight excluding hydrogens is 375 g/mol. The first-order chi connectivity index (χ1) is 11.6. The highest BCUT2D eigenvalue weighted by molar-refractivity contribution is 7.89. The molecule has 0 heterocycles. The van der Waals surface area contributed by atoms with Gasteiger partial charge in [-0.25, -0.2) is 13.1 Å². The summed E-state index contributed by atoms with van der Waals surface area (Å²) in [4.78, 5) is 0.0808. The van der Waals surface area contributed by atoms with E-state index in [1.54, 1.807) is 0 Å². The molecule has 3 N–H and O–H groups in total. The van der Waals surface area contributed by atoms with E-state index in [0.29, 0.717) is 5.69 Å². The number of benzene rings is 2. The minimum Gasteiger partial charge on any atom is -0.332 e. The number of alkyl halides is 3. The van der Waals surface area contributed by atoms with Crippen molar-refractivity contribution in [2.75, 3.05) is 17.7 Å². The van der Waals surface area contributed by atoms with Gasteiger partial charge in [-0.15, -0.1) is 0 Å². The molecule has 134 valence electrons. The normalized spacial score (nSPS) is 11.8. The molecule has 0 radical (unpaired) electrons. The predicted octanol–water partition coefficient (Wildman–Crippen LogP) is 3.42. The highest BCUT2D eigenvalue weighted by Crippen LogP contribution is 2.30. The molecule has 0 aliphatic carbocycles. The average molecular weight is 389 g/mol. The van der Waals surface area contributed by atoms with Crippen molar-refractivity contribution in [1.29, 1.82) is 0 Å². The SMILES string of the molecule is CNS(=O)(=O)c1ccc(NC(=S)Nc2cccc(C(F)(F)F)c2)cc1. The maximum Gasteiger partial charge on any atom is 0.416 e. The van der Waals surface area contributed by atoms with Gasteiger partial charge in [0.15, 0.2) is 5.11 Å². The largest absolute Gasteiger partial charge is 0.416 e. The number of thiocarbonyl (C=S) groups is 1. The minimum atomic E-state index is -4.44. The molecule has 0 unspecified atom stereocenters. The summed E-state index contributed by atoms with van der Waals surface area (Å²) in [5, 5.41) is 5.49. The van der Waals surface area contributed by atoms with Crippen molar-refractivity contribution in [3.8, 4) is 0 Å². The van der Waals surface area contributed by atoms with Crippen molar-refractivity contribution in [3.63, 3.8) is 0 Å². The Morgan fingerprint density at radius 2 is 1.60 bits per heavy atom. The quantitative estimate of drug-likeness (QED) is 0.699. The van der Waals surface area contributed by atoms with Crippen LogP contribution in [0.5, 0.6) is 0 Å². The molecule has 5 nitrogen and oxygen atoms in total. The summed E-state index contributed by atoms with van der Waals surface area (Å²) in [5.41, 5.74) is -0.122. The first-order valence-electron chi connectivity index (χ1n) is 6.91. The minimum absolute atomic E-state index is 0.0727. The first kappa shape index (κ1) is 19.2. The van der Waals surface area contributed by atoms with Crippen molar-refractivity contribution in [3.05, 3.63) is 54.1 Å². The van der Waals surface area contributed by atoms with Gasteiger partial charge in [0.1, 0.15) is 0 Å². The molecule has 0 atom stereocenters. The van der Waals surface area contributed by atoms with Crippen LogP contribution in [-0.2, 0) is 16.2 Å². The molecule has 25 heavy (non-hydrogen) atoms. The van der Waals surface area contributed by atoms with E-state index < -0.39 is 21.8 Å². The number of hydrogen-bond acceptors (Lipinski definition) is 3. The van der Waals surface area contributed by atoms with E-state index in [-0.39, 0.29) is 15.7 Å². The predicted molar refractivity (Wildman–Crippen MR) is 94.0 cm³/mol.